The van der Waals surface area contributed by atoms with Gasteiger partial charge < -0.3 is 5.32 Å². The fourth-order valence-electron chi connectivity index (χ4n) is 4.60. The van der Waals surface area contributed by atoms with Crippen molar-refractivity contribution in [3.63, 3.8) is 0 Å². The first-order valence-electron chi connectivity index (χ1n) is 10.2. The molecule has 0 unspecified atom stereocenters. The maximum atomic E-state index is 13.3. The molecule has 3 aliphatic carbocycles. The lowest BCUT2D eigenvalue weighted by Gasteiger charge is -2.70. The lowest BCUT2D eigenvalue weighted by molar-refractivity contribution is -0.336. The molecule has 3 aliphatic rings. The minimum Gasteiger partial charge on any atom is -0.346 e. The number of hydrogen-bond acceptors (Lipinski definition) is 5. The van der Waals surface area contributed by atoms with Crippen LogP contribution in [0.25, 0.3) is 0 Å². The number of nitrogens with one attached hydrogen (secondary N) is 2. The van der Waals surface area contributed by atoms with Gasteiger partial charge in [-0.05, 0) is 61.7 Å². The molecule has 1 amide bonds. The smallest absolute Gasteiger partial charge is 0.346 e. The van der Waals surface area contributed by atoms with Crippen molar-refractivity contribution in [2.24, 2.45) is 5.41 Å². The maximum absolute atomic E-state index is 13.3. The van der Waals surface area contributed by atoms with Crippen molar-refractivity contribution in [3.8, 4) is 0 Å². The number of carbonyl (C=O) groups is 1. The lowest BCUT2D eigenvalue weighted by Crippen LogP contribution is -2.78. The van der Waals surface area contributed by atoms with Gasteiger partial charge in [0.2, 0.25) is 0 Å². The average Bonchev–Trinajstić information content (AvgIpc) is 2.67. The van der Waals surface area contributed by atoms with E-state index in [1.807, 2.05) is 4.72 Å². The van der Waals surface area contributed by atoms with Crippen LogP contribution < -0.4 is 10.0 Å². The zero-order chi connectivity index (χ0) is 26.9. The molecule has 0 spiro atoms. The first kappa shape index (κ1) is 26.3. The molecule has 0 heterocycles. The molecular formula is C21H18F6N2O5S2. The molecule has 0 atom stereocenters. The summed E-state index contributed by atoms with van der Waals surface area (Å²) < 4.78 is 130. The third kappa shape index (κ3) is 4.53. The van der Waals surface area contributed by atoms with Crippen LogP contribution in [0.15, 0.2) is 52.3 Å². The molecule has 5 rings (SSSR count). The summed E-state index contributed by atoms with van der Waals surface area (Å²) in [6.07, 6.45) is -9.55. The summed E-state index contributed by atoms with van der Waals surface area (Å²) >= 11 is 0. The number of hydrogen-bond donors (Lipinski definition) is 2. The highest BCUT2D eigenvalue weighted by Gasteiger charge is 2.79. The van der Waals surface area contributed by atoms with E-state index in [2.05, 4.69) is 5.32 Å². The van der Waals surface area contributed by atoms with Crippen LogP contribution in [0.1, 0.15) is 35.2 Å². The Bertz CT molecular complexity index is 1430. The topological polar surface area (TPSA) is 109 Å². The second-order valence-electron chi connectivity index (χ2n) is 9.15. The third-order valence-electron chi connectivity index (χ3n) is 6.41. The Kier molecular flexibility index (Phi) is 5.72. The van der Waals surface area contributed by atoms with Crippen molar-refractivity contribution in [2.75, 3.05) is 11.0 Å². The summed E-state index contributed by atoms with van der Waals surface area (Å²) in [6, 6.07) is 5.50. The summed E-state index contributed by atoms with van der Waals surface area (Å²) in [5, 5.41) is 2.40. The van der Waals surface area contributed by atoms with Gasteiger partial charge in [0.15, 0.2) is 9.84 Å². The minimum absolute atomic E-state index is 0.198. The third-order valence-corrected chi connectivity index (χ3v) is 8.92. The molecule has 36 heavy (non-hydrogen) atoms. The number of anilines is 1. The highest BCUT2D eigenvalue weighted by atomic mass is 32.2. The SMILES string of the molecule is CS(=O)(=O)c1ccc(S(=O)(=O)Nc2cc(C(F)(F)F)ccc2C(=O)NC23CC(C(F)(F)F)(C2)C3)cc1. The quantitative estimate of drug-likeness (QED) is 0.521. The number of rotatable bonds is 6. The Morgan fingerprint density at radius 3 is 1.86 bits per heavy atom. The van der Waals surface area contributed by atoms with Crippen LogP contribution in [0.5, 0.6) is 0 Å². The molecule has 2 aromatic rings. The highest BCUT2D eigenvalue weighted by molar-refractivity contribution is 7.92. The number of benzene rings is 2. The molecular weight excluding hydrogens is 538 g/mol. The van der Waals surface area contributed by atoms with Crippen molar-refractivity contribution >= 4 is 31.5 Å². The van der Waals surface area contributed by atoms with Gasteiger partial charge in [0.05, 0.1) is 32.0 Å². The maximum Gasteiger partial charge on any atom is 0.416 e. The lowest BCUT2D eigenvalue weighted by atomic mass is 9.39. The number of alkyl halides is 6. The van der Waals surface area contributed by atoms with Crippen LogP contribution in [0.3, 0.4) is 0 Å². The van der Waals surface area contributed by atoms with Gasteiger partial charge in [-0.1, -0.05) is 0 Å². The van der Waals surface area contributed by atoms with E-state index in [9.17, 15) is 48.0 Å². The summed E-state index contributed by atoms with van der Waals surface area (Å²) in [6.45, 7) is 0. The normalized spacial score (nSPS) is 23.9. The molecule has 2 N–H and O–H groups in total. The van der Waals surface area contributed by atoms with Gasteiger partial charge in [0, 0.05) is 11.8 Å². The average molecular weight is 557 g/mol. The van der Waals surface area contributed by atoms with Gasteiger partial charge in [-0.3, -0.25) is 9.52 Å². The van der Waals surface area contributed by atoms with E-state index in [0.29, 0.717) is 12.1 Å². The van der Waals surface area contributed by atoms with Gasteiger partial charge in [-0.25, -0.2) is 16.8 Å². The summed E-state index contributed by atoms with van der Waals surface area (Å²) in [5.41, 5.74) is -5.59. The Balaban J connectivity index is 1.62. The molecule has 2 bridgehead atoms. The van der Waals surface area contributed by atoms with Crippen LogP contribution in [0.4, 0.5) is 32.0 Å². The fourth-order valence-corrected chi connectivity index (χ4v) is 6.30. The minimum atomic E-state index is -4.89. The van der Waals surface area contributed by atoms with E-state index >= 15 is 0 Å². The Morgan fingerprint density at radius 2 is 1.39 bits per heavy atom. The molecule has 2 aromatic carbocycles. The molecule has 0 aromatic heterocycles. The number of halogens is 6. The van der Waals surface area contributed by atoms with Gasteiger partial charge in [0.25, 0.3) is 15.9 Å². The van der Waals surface area contributed by atoms with Crippen LogP contribution in [-0.2, 0) is 26.0 Å². The molecule has 7 nitrogen and oxygen atoms in total. The van der Waals surface area contributed by atoms with Crippen LogP contribution >= 0.6 is 0 Å². The van der Waals surface area contributed by atoms with Crippen molar-refractivity contribution in [2.45, 2.75) is 46.9 Å². The summed E-state index contributed by atoms with van der Waals surface area (Å²) in [7, 11) is -8.24. The first-order valence-corrected chi connectivity index (χ1v) is 13.6. The Labute approximate surface area is 201 Å². The molecule has 0 aliphatic heterocycles. The predicted molar refractivity (Wildman–Crippen MR) is 114 cm³/mol. The molecule has 0 saturated heterocycles. The van der Waals surface area contributed by atoms with E-state index in [-0.39, 0.29) is 24.2 Å². The fraction of sp³-hybridized carbons (Fsp3) is 0.381. The number of amides is 1. The Morgan fingerprint density at radius 1 is 0.861 bits per heavy atom. The largest absolute Gasteiger partial charge is 0.416 e. The van der Waals surface area contributed by atoms with Gasteiger partial charge in [-0.2, -0.15) is 26.3 Å². The van der Waals surface area contributed by atoms with Crippen molar-refractivity contribution in [3.05, 3.63) is 53.6 Å². The zero-order valence-corrected chi connectivity index (χ0v) is 19.9. The standard InChI is InChI=1S/C21H18F6N2O5S2/c1-35(31,32)13-3-5-14(6-4-13)36(33,34)29-16-8-12(20(22,23)24)2-7-15(16)17(30)28-19-9-18(10-19,11-19)21(25,26)27/h2-8,29H,9-11H2,1H3,(H,28,30). The van der Waals surface area contributed by atoms with Crippen LogP contribution in [0.2, 0.25) is 0 Å². The van der Waals surface area contributed by atoms with Crippen molar-refractivity contribution in [1.82, 2.24) is 5.32 Å². The van der Waals surface area contributed by atoms with Gasteiger partial charge in [-0.15, -0.1) is 0 Å². The zero-order valence-electron chi connectivity index (χ0n) is 18.3. The second-order valence-corrected chi connectivity index (χ2v) is 12.8. The summed E-state index contributed by atoms with van der Waals surface area (Å²) in [5.74, 6) is -1.04. The highest BCUT2D eigenvalue weighted by Crippen LogP contribution is 2.73. The van der Waals surface area contributed by atoms with Crippen LogP contribution in [-0.4, -0.2) is 40.7 Å². The number of sulfone groups is 1. The van der Waals surface area contributed by atoms with Gasteiger partial charge >= 0.3 is 12.4 Å². The van der Waals surface area contributed by atoms with Crippen molar-refractivity contribution in [1.29, 1.82) is 0 Å². The van der Waals surface area contributed by atoms with E-state index < -0.39 is 70.8 Å². The monoisotopic (exact) mass is 556 g/mol. The molecule has 15 heteroatoms. The first-order chi connectivity index (χ1) is 16.3. The van der Waals surface area contributed by atoms with E-state index in [1.54, 1.807) is 0 Å². The molecule has 0 radical (unpaired) electrons. The number of carbonyl (C=O) groups excluding carboxylic acids is 1. The van der Waals surface area contributed by atoms with E-state index in [4.69, 9.17) is 0 Å². The van der Waals surface area contributed by atoms with E-state index in [1.165, 1.54) is 0 Å². The molecule has 196 valence electrons. The van der Waals surface area contributed by atoms with Crippen molar-refractivity contribution < 1.29 is 48.0 Å². The number of sulfonamides is 1. The Hall–Kier alpha value is -2.81. The molecule has 3 saturated carbocycles. The van der Waals surface area contributed by atoms with Gasteiger partial charge in [0.1, 0.15) is 0 Å². The molecule has 3 fully saturated rings. The van der Waals surface area contributed by atoms with Crippen LogP contribution in [0, 0.1) is 5.41 Å². The van der Waals surface area contributed by atoms with E-state index in [0.717, 1.165) is 36.6 Å². The summed E-state index contributed by atoms with van der Waals surface area (Å²) in [4.78, 5) is 12.1. The predicted octanol–water partition coefficient (Wildman–Crippen LogP) is 4.12. The second kappa shape index (κ2) is 7.84.